The first-order valence-electron chi connectivity index (χ1n) is 6.40. The van der Waals surface area contributed by atoms with Crippen molar-refractivity contribution in [2.45, 2.75) is 23.8 Å². The lowest BCUT2D eigenvalue weighted by Crippen LogP contribution is -2.35. The molecule has 2 rings (SSSR count). The van der Waals surface area contributed by atoms with Crippen molar-refractivity contribution in [3.8, 4) is 0 Å². The maximum absolute atomic E-state index is 12.4. The molecule has 0 aliphatic heterocycles. The molecule has 0 saturated heterocycles. The predicted molar refractivity (Wildman–Crippen MR) is 83.9 cm³/mol. The molecule has 0 heterocycles. The monoisotopic (exact) mass is 333 g/mol. The van der Waals surface area contributed by atoms with Crippen molar-refractivity contribution >= 4 is 40.9 Å². The Balaban J connectivity index is 2.14. The zero-order chi connectivity index (χ0) is 14.9. The Morgan fingerprint density at radius 1 is 1.45 bits per heavy atom. The zero-order valence-electron chi connectivity index (χ0n) is 11.4. The first kappa shape index (κ1) is 16.0. The Labute approximate surface area is 133 Å². The van der Waals surface area contributed by atoms with Gasteiger partial charge in [0.1, 0.15) is 0 Å². The molecule has 110 valence electrons. The third-order valence-electron chi connectivity index (χ3n) is 3.45. The summed E-state index contributed by atoms with van der Waals surface area (Å²) >= 11 is 13.6. The maximum atomic E-state index is 12.4. The summed E-state index contributed by atoms with van der Waals surface area (Å²) in [6, 6.07) is 3.30. The van der Waals surface area contributed by atoms with Gasteiger partial charge in [-0.25, -0.2) is 0 Å². The Morgan fingerprint density at radius 2 is 2.10 bits per heavy atom. The number of halogens is 2. The molecule has 0 radical (unpaired) electrons. The van der Waals surface area contributed by atoms with Crippen LogP contribution in [-0.2, 0) is 0 Å². The number of hydrogen-bond donors (Lipinski definition) is 1. The third kappa shape index (κ3) is 3.61. The summed E-state index contributed by atoms with van der Waals surface area (Å²) in [6.07, 6.45) is 3.53. The van der Waals surface area contributed by atoms with Gasteiger partial charge >= 0.3 is 0 Å². The van der Waals surface area contributed by atoms with Crippen LogP contribution in [0.15, 0.2) is 17.0 Å². The molecule has 1 N–H and O–H groups in total. The number of carbonyl (C=O) groups excluding carboxylic acids is 1. The highest BCUT2D eigenvalue weighted by molar-refractivity contribution is 7.98. The average Bonchev–Trinajstić information content (AvgIpc) is 3.22. The van der Waals surface area contributed by atoms with Crippen LogP contribution >= 0.6 is 35.0 Å². The summed E-state index contributed by atoms with van der Waals surface area (Å²) in [5.74, 6) is 0.148. The first-order chi connectivity index (χ1) is 9.43. The lowest BCUT2D eigenvalue weighted by molar-refractivity contribution is 0.0645. The number of amides is 1. The molecule has 3 nitrogen and oxygen atoms in total. The van der Waals surface area contributed by atoms with Crippen LogP contribution in [0, 0.1) is 5.92 Å². The summed E-state index contributed by atoms with van der Waals surface area (Å²) in [5, 5.41) is 10.8. The average molecular weight is 334 g/mol. The Bertz CT molecular complexity index is 520. The lowest BCUT2D eigenvalue weighted by Gasteiger charge is -2.21. The number of benzene rings is 1. The molecule has 1 aliphatic carbocycles. The molecule has 1 amide bonds. The van der Waals surface area contributed by atoms with Gasteiger partial charge in [-0.2, -0.15) is 0 Å². The van der Waals surface area contributed by atoms with Crippen molar-refractivity contribution < 1.29 is 9.90 Å². The standard InChI is InChI=1S/C14H17Cl2NO2S/c1-17(7-12(18)8-3-4-8)14(19)9-5-13(20-2)11(16)6-10(9)15/h5-6,8,12,18H,3-4,7H2,1-2H3. The summed E-state index contributed by atoms with van der Waals surface area (Å²) in [7, 11) is 1.68. The summed E-state index contributed by atoms with van der Waals surface area (Å²) in [5.41, 5.74) is 0.422. The molecule has 1 unspecified atom stereocenters. The molecule has 20 heavy (non-hydrogen) atoms. The smallest absolute Gasteiger partial charge is 0.255 e. The predicted octanol–water partition coefficient (Wildman–Crippen LogP) is 3.56. The van der Waals surface area contributed by atoms with Gasteiger partial charge in [-0.3, -0.25) is 4.79 Å². The lowest BCUT2D eigenvalue weighted by atomic mass is 10.1. The van der Waals surface area contributed by atoms with Crippen LogP contribution in [0.25, 0.3) is 0 Å². The van der Waals surface area contributed by atoms with Crippen LogP contribution in [0.5, 0.6) is 0 Å². The third-order valence-corrected chi connectivity index (χ3v) is 4.96. The second-order valence-electron chi connectivity index (χ2n) is 5.06. The fourth-order valence-corrected chi connectivity index (χ4v) is 3.23. The van der Waals surface area contributed by atoms with Gasteiger partial charge < -0.3 is 10.0 Å². The van der Waals surface area contributed by atoms with Gasteiger partial charge in [0.2, 0.25) is 0 Å². The van der Waals surface area contributed by atoms with Gasteiger partial charge in [0.05, 0.1) is 21.7 Å². The second kappa shape index (κ2) is 6.56. The van der Waals surface area contributed by atoms with E-state index in [2.05, 4.69) is 0 Å². The van der Waals surface area contributed by atoms with E-state index in [1.807, 2.05) is 6.26 Å². The van der Waals surface area contributed by atoms with E-state index in [4.69, 9.17) is 23.2 Å². The number of aliphatic hydroxyl groups excluding tert-OH is 1. The molecule has 1 aromatic rings. The van der Waals surface area contributed by atoms with E-state index in [1.165, 1.54) is 16.7 Å². The molecule has 1 aliphatic rings. The largest absolute Gasteiger partial charge is 0.391 e. The molecule has 1 atom stereocenters. The van der Waals surface area contributed by atoms with Crippen molar-refractivity contribution in [1.29, 1.82) is 0 Å². The number of rotatable bonds is 5. The van der Waals surface area contributed by atoms with Crippen LogP contribution in [-0.4, -0.2) is 41.9 Å². The molecule has 1 saturated carbocycles. The molecule has 1 aromatic carbocycles. The maximum Gasteiger partial charge on any atom is 0.255 e. The number of carbonyl (C=O) groups is 1. The molecule has 0 bridgehead atoms. The van der Waals surface area contributed by atoms with Gasteiger partial charge in [-0.05, 0) is 37.1 Å². The van der Waals surface area contributed by atoms with Crippen LogP contribution in [0.3, 0.4) is 0 Å². The van der Waals surface area contributed by atoms with Gasteiger partial charge in [0.15, 0.2) is 0 Å². The van der Waals surface area contributed by atoms with Gasteiger partial charge in [-0.1, -0.05) is 23.2 Å². The minimum atomic E-state index is -0.449. The van der Waals surface area contributed by atoms with Crippen LogP contribution < -0.4 is 0 Å². The van der Waals surface area contributed by atoms with Gasteiger partial charge in [0, 0.05) is 18.5 Å². The van der Waals surface area contributed by atoms with E-state index in [9.17, 15) is 9.90 Å². The summed E-state index contributed by atoms with van der Waals surface area (Å²) in [4.78, 5) is 14.7. The fourth-order valence-electron chi connectivity index (χ4n) is 2.05. The van der Waals surface area contributed by atoms with Crippen molar-refractivity contribution in [3.05, 3.63) is 27.7 Å². The quantitative estimate of drug-likeness (QED) is 0.837. The summed E-state index contributed by atoms with van der Waals surface area (Å²) < 4.78 is 0. The first-order valence-corrected chi connectivity index (χ1v) is 8.38. The normalized spacial score (nSPS) is 16.1. The van der Waals surface area contributed by atoms with E-state index < -0.39 is 6.10 Å². The van der Waals surface area contributed by atoms with E-state index in [0.29, 0.717) is 28.1 Å². The number of thioether (sulfide) groups is 1. The highest BCUT2D eigenvalue weighted by atomic mass is 35.5. The molecule has 6 heteroatoms. The molecule has 0 spiro atoms. The van der Waals surface area contributed by atoms with E-state index in [1.54, 1.807) is 19.2 Å². The van der Waals surface area contributed by atoms with Crippen molar-refractivity contribution in [3.63, 3.8) is 0 Å². The molecular formula is C14H17Cl2NO2S. The van der Waals surface area contributed by atoms with Crippen LogP contribution in [0.4, 0.5) is 0 Å². The van der Waals surface area contributed by atoms with E-state index in [0.717, 1.165) is 17.7 Å². The number of aliphatic hydroxyl groups is 1. The highest BCUT2D eigenvalue weighted by Crippen LogP contribution is 2.34. The number of nitrogens with zero attached hydrogens (tertiary/aromatic N) is 1. The van der Waals surface area contributed by atoms with E-state index in [-0.39, 0.29) is 5.91 Å². The Kier molecular flexibility index (Phi) is 5.24. The van der Waals surface area contributed by atoms with Crippen molar-refractivity contribution in [1.82, 2.24) is 4.90 Å². The SMILES string of the molecule is CSc1cc(C(=O)N(C)CC(O)C2CC2)c(Cl)cc1Cl. The van der Waals surface area contributed by atoms with E-state index >= 15 is 0 Å². The fraction of sp³-hybridized carbons (Fsp3) is 0.500. The van der Waals surface area contributed by atoms with Gasteiger partial charge in [-0.15, -0.1) is 11.8 Å². The minimum Gasteiger partial charge on any atom is -0.391 e. The highest BCUT2D eigenvalue weighted by Gasteiger charge is 2.31. The van der Waals surface area contributed by atoms with Gasteiger partial charge in [0.25, 0.3) is 5.91 Å². The molecule has 0 aromatic heterocycles. The molecule has 1 fully saturated rings. The Hall–Kier alpha value is -0.420. The zero-order valence-corrected chi connectivity index (χ0v) is 13.7. The molecular weight excluding hydrogens is 317 g/mol. The minimum absolute atomic E-state index is 0.193. The van der Waals surface area contributed by atoms with Crippen LogP contribution in [0.1, 0.15) is 23.2 Å². The topological polar surface area (TPSA) is 40.5 Å². The summed E-state index contributed by atoms with van der Waals surface area (Å²) in [6.45, 7) is 0.330. The number of likely N-dealkylation sites (N-methyl/N-ethyl adjacent to an activating group) is 1. The van der Waals surface area contributed by atoms with Crippen LogP contribution in [0.2, 0.25) is 10.0 Å². The van der Waals surface area contributed by atoms with Crippen molar-refractivity contribution in [2.24, 2.45) is 5.92 Å². The number of hydrogen-bond acceptors (Lipinski definition) is 3. The Morgan fingerprint density at radius 3 is 2.65 bits per heavy atom. The van der Waals surface area contributed by atoms with Crippen molar-refractivity contribution in [2.75, 3.05) is 19.8 Å². The second-order valence-corrected chi connectivity index (χ2v) is 6.72.